The van der Waals surface area contributed by atoms with Crippen LogP contribution in [0, 0.1) is 0 Å². The third kappa shape index (κ3) is 5.72. The van der Waals surface area contributed by atoms with E-state index < -0.39 is 18.0 Å². The van der Waals surface area contributed by atoms with Crippen LogP contribution in [-0.4, -0.2) is 31.2 Å². The SMILES string of the molecule is CCOCC(=O)O[C@@H](C)C(=O)Nc1ccc(Cl)cc1. The van der Waals surface area contributed by atoms with Gasteiger partial charge in [-0.05, 0) is 38.1 Å². The Morgan fingerprint density at radius 3 is 2.53 bits per heavy atom. The first kappa shape index (κ1) is 15.5. The smallest absolute Gasteiger partial charge is 0.332 e. The molecule has 5 nitrogen and oxygen atoms in total. The van der Waals surface area contributed by atoms with Crippen LogP contribution >= 0.6 is 11.6 Å². The lowest BCUT2D eigenvalue weighted by atomic mass is 10.3. The Hall–Kier alpha value is -1.59. The molecule has 0 bridgehead atoms. The van der Waals surface area contributed by atoms with E-state index in [1.54, 1.807) is 31.2 Å². The van der Waals surface area contributed by atoms with E-state index >= 15 is 0 Å². The summed E-state index contributed by atoms with van der Waals surface area (Å²) in [5.41, 5.74) is 0.585. The van der Waals surface area contributed by atoms with Gasteiger partial charge in [0.1, 0.15) is 6.61 Å². The Morgan fingerprint density at radius 1 is 1.32 bits per heavy atom. The number of hydrogen-bond acceptors (Lipinski definition) is 4. The Kier molecular flexibility index (Phi) is 6.32. The van der Waals surface area contributed by atoms with Gasteiger partial charge in [0.15, 0.2) is 6.10 Å². The molecule has 0 aromatic heterocycles. The molecule has 104 valence electrons. The molecule has 1 amide bonds. The third-order valence-corrected chi connectivity index (χ3v) is 2.47. The fourth-order valence-electron chi connectivity index (χ4n) is 1.25. The first-order chi connectivity index (χ1) is 9.02. The Balaban J connectivity index is 2.44. The van der Waals surface area contributed by atoms with Crippen molar-refractivity contribution in [3.8, 4) is 0 Å². The van der Waals surface area contributed by atoms with Gasteiger partial charge in [-0.15, -0.1) is 0 Å². The van der Waals surface area contributed by atoms with Crippen LogP contribution in [0.15, 0.2) is 24.3 Å². The van der Waals surface area contributed by atoms with Crippen molar-refractivity contribution < 1.29 is 19.1 Å². The van der Waals surface area contributed by atoms with Crippen LogP contribution in [0.25, 0.3) is 0 Å². The quantitative estimate of drug-likeness (QED) is 0.814. The molecule has 0 saturated heterocycles. The number of carbonyl (C=O) groups is 2. The molecule has 1 rings (SSSR count). The van der Waals surface area contributed by atoms with Crippen LogP contribution < -0.4 is 5.32 Å². The number of ether oxygens (including phenoxy) is 2. The standard InChI is InChI=1S/C13H16ClNO4/c1-3-18-8-12(16)19-9(2)13(17)15-11-6-4-10(14)5-7-11/h4-7,9H,3,8H2,1-2H3,(H,15,17)/t9-/m0/s1. The second-order valence-corrected chi connectivity index (χ2v) is 4.20. The summed E-state index contributed by atoms with van der Waals surface area (Å²) in [6, 6.07) is 6.63. The second kappa shape index (κ2) is 7.76. The highest BCUT2D eigenvalue weighted by Crippen LogP contribution is 2.13. The van der Waals surface area contributed by atoms with Gasteiger partial charge in [0.2, 0.25) is 0 Å². The summed E-state index contributed by atoms with van der Waals surface area (Å²) in [6.07, 6.45) is -0.886. The fourth-order valence-corrected chi connectivity index (χ4v) is 1.37. The first-order valence-corrected chi connectivity index (χ1v) is 6.24. The molecule has 1 atom stereocenters. The highest BCUT2D eigenvalue weighted by Gasteiger charge is 2.17. The van der Waals surface area contributed by atoms with Crippen molar-refractivity contribution in [1.82, 2.24) is 0 Å². The molecule has 0 spiro atoms. The van der Waals surface area contributed by atoms with E-state index in [1.165, 1.54) is 6.92 Å². The van der Waals surface area contributed by atoms with Crippen LogP contribution in [0.2, 0.25) is 5.02 Å². The summed E-state index contributed by atoms with van der Waals surface area (Å²) in [4.78, 5) is 23.0. The summed E-state index contributed by atoms with van der Waals surface area (Å²) in [7, 11) is 0. The van der Waals surface area contributed by atoms with Gasteiger partial charge < -0.3 is 14.8 Å². The van der Waals surface area contributed by atoms with Crippen LogP contribution in [0.4, 0.5) is 5.69 Å². The van der Waals surface area contributed by atoms with Crippen molar-refractivity contribution in [3.05, 3.63) is 29.3 Å². The summed E-state index contributed by atoms with van der Waals surface area (Å²) in [5, 5.41) is 3.19. The molecule has 0 unspecified atom stereocenters. The highest BCUT2D eigenvalue weighted by atomic mass is 35.5. The molecule has 0 aliphatic rings. The number of esters is 1. The average Bonchev–Trinajstić information content (AvgIpc) is 2.39. The number of halogens is 1. The van der Waals surface area contributed by atoms with Gasteiger partial charge in [0, 0.05) is 17.3 Å². The largest absolute Gasteiger partial charge is 0.451 e. The molecule has 0 aliphatic heterocycles. The molecule has 0 heterocycles. The van der Waals surface area contributed by atoms with Gasteiger partial charge >= 0.3 is 5.97 Å². The molecule has 6 heteroatoms. The third-order valence-electron chi connectivity index (χ3n) is 2.21. The van der Waals surface area contributed by atoms with Crippen molar-refractivity contribution in [1.29, 1.82) is 0 Å². The van der Waals surface area contributed by atoms with Gasteiger partial charge in [0.05, 0.1) is 0 Å². The number of rotatable bonds is 6. The minimum absolute atomic E-state index is 0.158. The van der Waals surface area contributed by atoms with E-state index in [-0.39, 0.29) is 6.61 Å². The van der Waals surface area contributed by atoms with Crippen molar-refractivity contribution in [3.63, 3.8) is 0 Å². The Morgan fingerprint density at radius 2 is 1.95 bits per heavy atom. The lowest BCUT2D eigenvalue weighted by Crippen LogP contribution is -2.31. The Bertz CT molecular complexity index is 433. The van der Waals surface area contributed by atoms with Gasteiger partial charge in [-0.1, -0.05) is 11.6 Å². The predicted molar refractivity (Wildman–Crippen MR) is 72.1 cm³/mol. The molecule has 0 radical (unpaired) electrons. The normalized spacial score (nSPS) is 11.7. The zero-order chi connectivity index (χ0) is 14.3. The number of anilines is 1. The van der Waals surface area contributed by atoms with Crippen LogP contribution in [0.1, 0.15) is 13.8 Å². The minimum atomic E-state index is -0.886. The number of nitrogens with one attached hydrogen (secondary N) is 1. The zero-order valence-electron chi connectivity index (χ0n) is 10.8. The van der Waals surface area contributed by atoms with Crippen LogP contribution in [0.5, 0.6) is 0 Å². The minimum Gasteiger partial charge on any atom is -0.451 e. The number of benzene rings is 1. The topological polar surface area (TPSA) is 64.6 Å². The van der Waals surface area contributed by atoms with Gasteiger partial charge in [-0.25, -0.2) is 4.79 Å². The lowest BCUT2D eigenvalue weighted by molar-refractivity contribution is -0.157. The van der Waals surface area contributed by atoms with E-state index in [0.717, 1.165) is 0 Å². The van der Waals surface area contributed by atoms with E-state index in [1.807, 2.05) is 0 Å². The molecule has 1 aromatic carbocycles. The maximum absolute atomic E-state index is 11.7. The van der Waals surface area contributed by atoms with Crippen molar-refractivity contribution in [2.45, 2.75) is 20.0 Å². The molecule has 1 N–H and O–H groups in total. The monoisotopic (exact) mass is 285 g/mol. The lowest BCUT2D eigenvalue weighted by Gasteiger charge is -2.13. The zero-order valence-corrected chi connectivity index (χ0v) is 11.6. The highest BCUT2D eigenvalue weighted by molar-refractivity contribution is 6.30. The van der Waals surface area contributed by atoms with E-state index in [4.69, 9.17) is 21.1 Å². The van der Waals surface area contributed by atoms with E-state index in [9.17, 15) is 9.59 Å². The van der Waals surface area contributed by atoms with Gasteiger partial charge in [-0.3, -0.25) is 4.79 Å². The maximum Gasteiger partial charge on any atom is 0.332 e. The van der Waals surface area contributed by atoms with Crippen LogP contribution in [0.3, 0.4) is 0 Å². The first-order valence-electron chi connectivity index (χ1n) is 5.86. The fraction of sp³-hybridized carbons (Fsp3) is 0.385. The van der Waals surface area contributed by atoms with Gasteiger partial charge in [-0.2, -0.15) is 0 Å². The van der Waals surface area contributed by atoms with Crippen molar-refractivity contribution in [2.75, 3.05) is 18.5 Å². The number of amides is 1. The Labute approximate surface area is 116 Å². The summed E-state index contributed by atoms with van der Waals surface area (Å²) >= 11 is 5.73. The van der Waals surface area contributed by atoms with Crippen molar-refractivity contribution >= 4 is 29.2 Å². The molecule has 0 fully saturated rings. The molecule has 0 aliphatic carbocycles. The molecule has 19 heavy (non-hydrogen) atoms. The molecule has 0 saturated carbocycles. The van der Waals surface area contributed by atoms with E-state index in [2.05, 4.69) is 5.32 Å². The average molecular weight is 286 g/mol. The maximum atomic E-state index is 11.7. The molecule has 1 aromatic rings. The van der Waals surface area contributed by atoms with Crippen LogP contribution in [-0.2, 0) is 19.1 Å². The summed E-state index contributed by atoms with van der Waals surface area (Å²) in [5.74, 6) is -0.979. The summed E-state index contributed by atoms with van der Waals surface area (Å²) in [6.45, 7) is 3.52. The second-order valence-electron chi connectivity index (χ2n) is 3.77. The number of hydrogen-bond donors (Lipinski definition) is 1. The van der Waals surface area contributed by atoms with E-state index in [0.29, 0.717) is 17.3 Å². The molecular weight excluding hydrogens is 270 g/mol. The van der Waals surface area contributed by atoms with Gasteiger partial charge in [0.25, 0.3) is 5.91 Å². The molecular formula is C13H16ClNO4. The van der Waals surface area contributed by atoms with Crippen molar-refractivity contribution in [2.24, 2.45) is 0 Å². The predicted octanol–water partition coefficient (Wildman–Crippen LogP) is 2.25. The number of carbonyl (C=O) groups excluding carboxylic acids is 2. The summed E-state index contributed by atoms with van der Waals surface area (Å²) < 4.78 is 9.79.